The minimum Gasteiger partial charge on any atom is -0.496 e. The molecular formula is C18H18N2O2. The van der Waals surface area contributed by atoms with Crippen LogP contribution >= 0.6 is 0 Å². The van der Waals surface area contributed by atoms with E-state index in [1.54, 1.807) is 7.11 Å². The van der Waals surface area contributed by atoms with E-state index in [1.165, 1.54) is 0 Å². The van der Waals surface area contributed by atoms with E-state index in [0.29, 0.717) is 0 Å². The summed E-state index contributed by atoms with van der Waals surface area (Å²) in [5.74, 6) is 0.376. The van der Waals surface area contributed by atoms with Crippen molar-refractivity contribution in [3.63, 3.8) is 0 Å². The van der Waals surface area contributed by atoms with Crippen LogP contribution in [0.2, 0.25) is 0 Å². The predicted octanol–water partition coefficient (Wildman–Crippen LogP) is 3.18. The quantitative estimate of drug-likeness (QED) is 0.759. The number of nitrogens with two attached hydrogens (primary N) is 1. The number of carbonyl (C=O) groups excluding carboxylic acids is 1. The molecule has 4 nitrogen and oxygen atoms in total. The van der Waals surface area contributed by atoms with Crippen LogP contribution in [0.25, 0.3) is 10.9 Å². The van der Waals surface area contributed by atoms with Crippen molar-refractivity contribution in [3.05, 3.63) is 65.9 Å². The van der Waals surface area contributed by atoms with Gasteiger partial charge in [-0.2, -0.15) is 0 Å². The van der Waals surface area contributed by atoms with Gasteiger partial charge in [0.05, 0.1) is 7.11 Å². The van der Waals surface area contributed by atoms with Gasteiger partial charge in [0, 0.05) is 29.4 Å². The average molecular weight is 294 g/mol. The Bertz CT molecular complexity index is 793. The van der Waals surface area contributed by atoms with Gasteiger partial charge in [0.1, 0.15) is 5.75 Å². The third-order valence-corrected chi connectivity index (χ3v) is 3.90. The molecule has 0 saturated carbocycles. The van der Waals surface area contributed by atoms with Gasteiger partial charge in [0.2, 0.25) is 5.91 Å². The molecule has 1 heterocycles. The number of ether oxygens (including phenoxy) is 1. The number of aromatic amines is 1. The Labute approximate surface area is 128 Å². The van der Waals surface area contributed by atoms with Crippen molar-refractivity contribution in [2.24, 2.45) is 5.73 Å². The number of nitrogens with one attached hydrogen (secondary N) is 1. The van der Waals surface area contributed by atoms with E-state index in [9.17, 15) is 4.79 Å². The largest absolute Gasteiger partial charge is 0.496 e. The minimum absolute atomic E-state index is 0.0938. The van der Waals surface area contributed by atoms with Gasteiger partial charge >= 0.3 is 0 Å². The maximum atomic E-state index is 11.5. The van der Waals surface area contributed by atoms with E-state index in [1.807, 2.05) is 54.7 Å². The molecule has 2 aromatic carbocycles. The van der Waals surface area contributed by atoms with Gasteiger partial charge in [-0.3, -0.25) is 4.79 Å². The van der Waals surface area contributed by atoms with Gasteiger partial charge in [-0.1, -0.05) is 36.4 Å². The summed E-state index contributed by atoms with van der Waals surface area (Å²) in [6.07, 6.45) is 2.20. The molecule has 1 amide bonds. The van der Waals surface area contributed by atoms with Crippen LogP contribution < -0.4 is 10.5 Å². The number of primary amides is 1. The number of methoxy groups -OCH3 is 1. The predicted molar refractivity (Wildman–Crippen MR) is 86.9 cm³/mol. The van der Waals surface area contributed by atoms with Gasteiger partial charge in [0.15, 0.2) is 0 Å². The summed E-state index contributed by atoms with van der Waals surface area (Å²) in [4.78, 5) is 14.8. The first-order valence-corrected chi connectivity index (χ1v) is 7.18. The maximum absolute atomic E-state index is 11.5. The molecule has 0 aliphatic carbocycles. The second kappa shape index (κ2) is 5.93. The highest BCUT2D eigenvalue weighted by Crippen LogP contribution is 2.37. The third kappa shape index (κ3) is 2.55. The van der Waals surface area contributed by atoms with E-state index in [2.05, 4.69) is 4.98 Å². The average Bonchev–Trinajstić information content (AvgIpc) is 2.97. The zero-order valence-corrected chi connectivity index (χ0v) is 12.4. The number of rotatable bonds is 5. The summed E-state index contributed by atoms with van der Waals surface area (Å²) in [7, 11) is 1.65. The van der Waals surface area contributed by atoms with Crippen LogP contribution in [0.1, 0.15) is 23.5 Å². The normalized spacial score (nSPS) is 12.2. The van der Waals surface area contributed by atoms with Gasteiger partial charge in [0.25, 0.3) is 0 Å². The molecule has 22 heavy (non-hydrogen) atoms. The van der Waals surface area contributed by atoms with Gasteiger partial charge in [-0.05, 0) is 23.3 Å². The van der Waals surface area contributed by atoms with Crippen LogP contribution in [-0.2, 0) is 4.79 Å². The van der Waals surface area contributed by atoms with E-state index in [-0.39, 0.29) is 18.2 Å². The van der Waals surface area contributed by atoms with Crippen molar-refractivity contribution in [1.82, 2.24) is 4.98 Å². The Kier molecular flexibility index (Phi) is 3.83. The lowest BCUT2D eigenvalue weighted by Gasteiger charge is -2.16. The van der Waals surface area contributed by atoms with Crippen molar-refractivity contribution < 1.29 is 9.53 Å². The minimum atomic E-state index is -0.321. The van der Waals surface area contributed by atoms with E-state index in [0.717, 1.165) is 27.8 Å². The highest BCUT2D eigenvalue weighted by atomic mass is 16.5. The molecule has 0 aliphatic rings. The van der Waals surface area contributed by atoms with Crippen LogP contribution in [-0.4, -0.2) is 18.0 Å². The Morgan fingerprint density at radius 2 is 1.95 bits per heavy atom. The number of hydrogen-bond acceptors (Lipinski definition) is 2. The number of amides is 1. The van der Waals surface area contributed by atoms with Crippen molar-refractivity contribution in [3.8, 4) is 5.75 Å². The van der Waals surface area contributed by atoms with Crippen molar-refractivity contribution in [2.75, 3.05) is 7.11 Å². The summed E-state index contributed by atoms with van der Waals surface area (Å²) in [6, 6.07) is 15.8. The first-order valence-electron chi connectivity index (χ1n) is 7.18. The van der Waals surface area contributed by atoms with E-state index < -0.39 is 0 Å². The number of H-pyrrole nitrogens is 1. The summed E-state index contributed by atoms with van der Waals surface area (Å²) >= 11 is 0. The summed E-state index contributed by atoms with van der Waals surface area (Å²) in [5, 5.41) is 1.00. The van der Waals surface area contributed by atoms with Gasteiger partial charge in [-0.25, -0.2) is 0 Å². The topological polar surface area (TPSA) is 68.1 Å². The van der Waals surface area contributed by atoms with Crippen LogP contribution in [0.5, 0.6) is 5.75 Å². The first-order chi connectivity index (χ1) is 10.7. The highest BCUT2D eigenvalue weighted by molar-refractivity contribution is 5.91. The molecule has 1 atom stereocenters. The molecule has 0 aliphatic heterocycles. The van der Waals surface area contributed by atoms with Crippen molar-refractivity contribution in [1.29, 1.82) is 0 Å². The molecule has 4 heteroatoms. The zero-order valence-electron chi connectivity index (χ0n) is 12.4. The summed E-state index contributed by atoms with van der Waals surface area (Å²) < 4.78 is 5.48. The number of benzene rings is 2. The second-order valence-electron chi connectivity index (χ2n) is 5.26. The molecule has 0 spiro atoms. The molecule has 0 bridgehead atoms. The zero-order chi connectivity index (χ0) is 15.5. The number of carbonyl (C=O) groups is 1. The summed E-state index contributed by atoms with van der Waals surface area (Å²) in [5.41, 5.74) is 8.55. The molecule has 3 N–H and O–H groups in total. The Balaban J connectivity index is 2.18. The molecule has 1 aromatic heterocycles. The number of hydrogen-bond donors (Lipinski definition) is 2. The SMILES string of the molecule is COc1cccc2[nH]cc([C@@H](CC(N)=O)c3ccccc3)c12. The number of fused-ring (bicyclic) bond motifs is 1. The molecule has 112 valence electrons. The van der Waals surface area contributed by atoms with Crippen LogP contribution in [0.15, 0.2) is 54.7 Å². The standard InChI is InChI=1S/C18H18N2O2/c1-22-16-9-5-8-15-18(16)14(11-20-15)13(10-17(19)21)12-6-3-2-4-7-12/h2-9,11,13,20H,10H2,1H3,(H2,19,21)/t13-/m0/s1. The second-order valence-corrected chi connectivity index (χ2v) is 5.26. The van der Waals surface area contributed by atoms with E-state index in [4.69, 9.17) is 10.5 Å². The molecular weight excluding hydrogens is 276 g/mol. The fourth-order valence-electron chi connectivity index (χ4n) is 2.92. The monoisotopic (exact) mass is 294 g/mol. The van der Waals surface area contributed by atoms with Crippen LogP contribution in [0.4, 0.5) is 0 Å². The lowest BCUT2D eigenvalue weighted by atomic mass is 9.88. The molecule has 0 fully saturated rings. The molecule has 0 saturated heterocycles. The van der Waals surface area contributed by atoms with Gasteiger partial charge in [-0.15, -0.1) is 0 Å². The smallest absolute Gasteiger partial charge is 0.218 e. The first kappa shape index (κ1) is 14.2. The summed E-state index contributed by atoms with van der Waals surface area (Å²) in [6.45, 7) is 0. The Hall–Kier alpha value is -2.75. The fourth-order valence-corrected chi connectivity index (χ4v) is 2.92. The molecule has 0 unspecified atom stereocenters. The molecule has 0 radical (unpaired) electrons. The Morgan fingerprint density at radius 1 is 1.18 bits per heavy atom. The van der Waals surface area contributed by atoms with E-state index >= 15 is 0 Å². The lowest BCUT2D eigenvalue weighted by molar-refractivity contribution is -0.118. The number of aromatic nitrogens is 1. The fraction of sp³-hybridized carbons (Fsp3) is 0.167. The highest BCUT2D eigenvalue weighted by Gasteiger charge is 2.21. The van der Waals surface area contributed by atoms with Crippen LogP contribution in [0, 0.1) is 0 Å². The van der Waals surface area contributed by atoms with Crippen molar-refractivity contribution >= 4 is 16.8 Å². The van der Waals surface area contributed by atoms with Gasteiger partial charge < -0.3 is 15.5 Å². The Morgan fingerprint density at radius 3 is 2.64 bits per heavy atom. The third-order valence-electron chi connectivity index (χ3n) is 3.90. The molecule has 3 aromatic rings. The molecule has 3 rings (SSSR count). The lowest BCUT2D eigenvalue weighted by Crippen LogP contribution is -2.16. The van der Waals surface area contributed by atoms with Crippen molar-refractivity contribution in [2.45, 2.75) is 12.3 Å². The van der Waals surface area contributed by atoms with Crippen LogP contribution in [0.3, 0.4) is 0 Å². The maximum Gasteiger partial charge on any atom is 0.218 e.